The van der Waals surface area contributed by atoms with Crippen LogP contribution in [0, 0.1) is 0 Å². The van der Waals surface area contributed by atoms with Crippen LogP contribution in [0.1, 0.15) is 29.2 Å². The number of amides is 1. The Bertz CT molecular complexity index is 606. The molecule has 3 rings (SSSR count). The maximum absolute atomic E-state index is 12.4. The Morgan fingerprint density at radius 1 is 1.32 bits per heavy atom. The number of carbonyl (C=O) groups is 1. The van der Waals surface area contributed by atoms with Gasteiger partial charge in [0.25, 0.3) is 0 Å². The molecule has 98 valence electrons. The number of thiophene rings is 1. The van der Waals surface area contributed by atoms with Gasteiger partial charge in [-0.1, -0.05) is 12.1 Å². The quantitative estimate of drug-likeness (QED) is 0.823. The summed E-state index contributed by atoms with van der Waals surface area (Å²) in [6, 6.07) is 9.46. The predicted octanol–water partition coefficient (Wildman–Crippen LogP) is 3.39. The van der Waals surface area contributed by atoms with E-state index in [0.29, 0.717) is 11.4 Å². The van der Waals surface area contributed by atoms with Gasteiger partial charge in [-0.25, -0.2) is 0 Å². The van der Waals surface area contributed by atoms with Crippen LogP contribution in [0.2, 0.25) is 0 Å². The molecule has 1 unspecified atom stereocenters. The van der Waals surface area contributed by atoms with E-state index in [-0.39, 0.29) is 11.8 Å². The zero-order valence-corrected chi connectivity index (χ0v) is 11.4. The molecule has 3 N–H and O–H groups in total. The molecule has 1 amide bonds. The van der Waals surface area contributed by atoms with Crippen LogP contribution in [0.15, 0.2) is 35.7 Å². The van der Waals surface area contributed by atoms with Gasteiger partial charge >= 0.3 is 0 Å². The summed E-state index contributed by atoms with van der Waals surface area (Å²) in [5.41, 5.74) is 8.37. The highest BCUT2D eigenvalue weighted by atomic mass is 32.1. The topological polar surface area (TPSA) is 55.1 Å². The van der Waals surface area contributed by atoms with Gasteiger partial charge in [0.15, 0.2) is 0 Å². The lowest BCUT2D eigenvalue weighted by Crippen LogP contribution is -2.24. The molecule has 2 aromatic rings. The van der Waals surface area contributed by atoms with Gasteiger partial charge < -0.3 is 11.1 Å². The average Bonchev–Trinajstić information content (AvgIpc) is 2.89. The first-order valence-electron chi connectivity index (χ1n) is 6.47. The van der Waals surface area contributed by atoms with Crippen molar-refractivity contribution in [3.8, 4) is 0 Å². The SMILES string of the molecule is Nc1ccccc1NC(=O)C1CCCc2sccc21. The first-order chi connectivity index (χ1) is 9.25. The van der Waals surface area contributed by atoms with E-state index < -0.39 is 0 Å². The summed E-state index contributed by atoms with van der Waals surface area (Å²) in [5.74, 6) is 0.0202. The molecule has 1 aliphatic rings. The van der Waals surface area contributed by atoms with Gasteiger partial charge in [0.2, 0.25) is 5.91 Å². The van der Waals surface area contributed by atoms with Gasteiger partial charge in [0.05, 0.1) is 17.3 Å². The van der Waals surface area contributed by atoms with Gasteiger partial charge in [-0.2, -0.15) is 0 Å². The van der Waals surface area contributed by atoms with E-state index in [1.165, 1.54) is 10.4 Å². The van der Waals surface area contributed by atoms with E-state index in [4.69, 9.17) is 5.73 Å². The van der Waals surface area contributed by atoms with E-state index in [1.54, 1.807) is 17.4 Å². The highest BCUT2D eigenvalue weighted by Gasteiger charge is 2.27. The van der Waals surface area contributed by atoms with Crippen molar-refractivity contribution >= 4 is 28.6 Å². The summed E-state index contributed by atoms with van der Waals surface area (Å²) < 4.78 is 0. The minimum absolute atomic E-state index is 0.0328. The van der Waals surface area contributed by atoms with Crippen molar-refractivity contribution in [2.24, 2.45) is 0 Å². The summed E-state index contributed by atoms with van der Waals surface area (Å²) >= 11 is 1.75. The van der Waals surface area contributed by atoms with E-state index >= 15 is 0 Å². The van der Waals surface area contributed by atoms with Crippen molar-refractivity contribution in [1.29, 1.82) is 0 Å². The number of carbonyl (C=O) groups excluding carboxylic acids is 1. The minimum Gasteiger partial charge on any atom is -0.397 e. The van der Waals surface area contributed by atoms with E-state index in [0.717, 1.165) is 19.3 Å². The molecule has 4 heteroatoms. The molecule has 19 heavy (non-hydrogen) atoms. The lowest BCUT2D eigenvalue weighted by atomic mass is 9.87. The first-order valence-corrected chi connectivity index (χ1v) is 7.35. The fourth-order valence-corrected chi connectivity index (χ4v) is 3.58. The Labute approximate surface area is 116 Å². The first kappa shape index (κ1) is 12.2. The second-order valence-corrected chi connectivity index (χ2v) is 5.82. The lowest BCUT2D eigenvalue weighted by molar-refractivity contribution is -0.117. The van der Waals surface area contributed by atoms with Crippen LogP contribution in [0.25, 0.3) is 0 Å². The summed E-state index contributed by atoms with van der Waals surface area (Å²) in [6.07, 6.45) is 3.10. The maximum atomic E-state index is 12.4. The van der Waals surface area contributed by atoms with Gasteiger partial charge in [0, 0.05) is 4.88 Å². The number of anilines is 2. The number of fused-ring (bicyclic) bond motifs is 1. The molecular weight excluding hydrogens is 256 g/mol. The zero-order chi connectivity index (χ0) is 13.2. The molecular formula is C15H16N2OS. The summed E-state index contributed by atoms with van der Waals surface area (Å²) in [4.78, 5) is 13.8. The highest BCUT2D eigenvalue weighted by Crippen LogP contribution is 2.35. The van der Waals surface area contributed by atoms with Crippen molar-refractivity contribution in [3.05, 3.63) is 46.2 Å². The standard InChI is InChI=1S/C15H16N2OS/c16-12-5-1-2-6-13(12)17-15(18)11-4-3-7-14-10(11)8-9-19-14/h1-2,5-6,8-9,11H,3-4,7,16H2,(H,17,18). The Balaban J connectivity index is 1.81. The molecule has 0 aliphatic heterocycles. The number of hydrogen-bond acceptors (Lipinski definition) is 3. The maximum Gasteiger partial charge on any atom is 0.232 e. The van der Waals surface area contributed by atoms with Crippen molar-refractivity contribution < 1.29 is 4.79 Å². The third-order valence-corrected chi connectivity index (χ3v) is 4.58. The van der Waals surface area contributed by atoms with Crippen LogP contribution >= 0.6 is 11.3 Å². The Kier molecular flexibility index (Phi) is 3.25. The van der Waals surface area contributed by atoms with Crippen LogP contribution in [0.4, 0.5) is 11.4 Å². The molecule has 0 bridgehead atoms. The number of aryl methyl sites for hydroxylation is 1. The van der Waals surface area contributed by atoms with Crippen molar-refractivity contribution in [3.63, 3.8) is 0 Å². The molecule has 3 nitrogen and oxygen atoms in total. The predicted molar refractivity (Wildman–Crippen MR) is 79.5 cm³/mol. The van der Waals surface area contributed by atoms with Crippen molar-refractivity contribution in [2.45, 2.75) is 25.2 Å². The van der Waals surface area contributed by atoms with Crippen LogP contribution < -0.4 is 11.1 Å². The monoisotopic (exact) mass is 272 g/mol. The molecule has 0 fully saturated rings. The molecule has 0 radical (unpaired) electrons. The van der Waals surface area contributed by atoms with Crippen LogP contribution in [-0.4, -0.2) is 5.91 Å². The summed E-state index contributed by atoms with van der Waals surface area (Å²) in [6.45, 7) is 0. The van der Waals surface area contributed by atoms with Crippen LogP contribution in [0.5, 0.6) is 0 Å². The van der Waals surface area contributed by atoms with Gasteiger partial charge in [-0.15, -0.1) is 11.3 Å². The van der Waals surface area contributed by atoms with Gasteiger partial charge in [-0.3, -0.25) is 4.79 Å². The van der Waals surface area contributed by atoms with E-state index in [1.807, 2.05) is 18.2 Å². The second kappa shape index (κ2) is 5.05. The van der Waals surface area contributed by atoms with Crippen LogP contribution in [-0.2, 0) is 11.2 Å². The summed E-state index contributed by atoms with van der Waals surface area (Å²) in [5, 5.41) is 5.03. The van der Waals surface area contributed by atoms with Gasteiger partial charge in [0.1, 0.15) is 0 Å². The number of nitrogens with two attached hydrogens (primary N) is 1. The Hall–Kier alpha value is -1.81. The summed E-state index contributed by atoms with van der Waals surface area (Å²) in [7, 11) is 0. The largest absolute Gasteiger partial charge is 0.397 e. The number of para-hydroxylation sites is 2. The number of nitrogens with one attached hydrogen (secondary N) is 1. The lowest BCUT2D eigenvalue weighted by Gasteiger charge is -2.22. The molecule has 0 saturated carbocycles. The molecule has 1 aromatic heterocycles. The number of benzene rings is 1. The number of hydrogen-bond donors (Lipinski definition) is 2. The Morgan fingerprint density at radius 3 is 3.00 bits per heavy atom. The highest BCUT2D eigenvalue weighted by molar-refractivity contribution is 7.10. The third-order valence-electron chi connectivity index (χ3n) is 3.59. The van der Waals surface area contributed by atoms with Crippen molar-refractivity contribution in [2.75, 3.05) is 11.1 Å². The normalized spacial score (nSPS) is 17.8. The van der Waals surface area contributed by atoms with Gasteiger partial charge in [-0.05, 0) is 48.4 Å². The molecule has 0 spiro atoms. The molecule has 1 aromatic carbocycles. The average molecular weight is 272 g/mol. The van der Waals surface area contributed by atoms with Crippen LogP contribution in [0.3, 0.4) is 0 Å². The zero-order valence-electron chi connectivity index (χ0n) is 10.6. The van der Waals surface area contributed by atoms with E-state index in [2.05, 4.69) is 16.8 Å². The molecule has 1 atom stereocenters. The second-order valence-electron chi connectivity index (χ2n) is 4.82. The smallest absolute Gasteiger partial charge is 0.232 e. The Morgan fingerprint density at radius 2 is 2.16 bits per heavy atom. The number of rotatable bonds is 2. The third kappa shape index (κ3) is 2.36. The minimum atomic E-state index is -0.0328. The molecule has 0 saturated heterocycles. The molecule has 1 heterocycles. The number of nitrogen functional groups attached to an aromatic ring is 1. The fraction of sp³-hybridized carbons (Fsp3) is 0.267. The molecule has 1 aliphatic carbocycles. The van der Waals surface area contributed by atoms with Crippen molar-refractivity contribution in [1.82, 2.24) is 0 Å². The fourth-order valence-electron chi connectivity index (χ4n) is 2.59. The van der Waals surface area contributed by atoms with E-state index in [9.17, 15) is 4.79 Å².